The molecule has 1 aromatic rings. The molecule has 180 valence electrons. The molecule has 1 heterocycles. The quantitative estimate of drug-likeness (QED) is 0.609. The molecule has 1 aliphatic carbocycles. The minimum Gasteiger partial charge on any atom is -0.504 e. The van der Waals surface area contributed by atoms with Crippen molar-refractivity contribution in [2.75, 3.05) is 13.1 Å². The van der Waals surface area contributed by atoms with Gasteiger partial charge in [0.2, 0.25) is 11.8 Å². The largest absolute Gasteiger partial charge is 0.504 e. The van der Waals surface area contributed by atoms with Crippen molar-refractivity contribution in [3.8, 4) is 11.5 Å². The van der Waals surface area contributed by atoms with Crippen LogP contribution in [0.15, 0.2) is 18.2 Å². The molecule has 0 radical (unpaired) electrons. The molecule has 32 heavy (non-hydrogen) atoms. The lowest BCUT2D eigenvalue weighted by atomic mass is 9.66. The number of aliphatic hydroxyl groups is 1. The number of imide groups is 1. The molecule has 0 aromatic heterocycles. The van der Waals surface area contributed by atoms with Crippen LogP contribution in [0.2, 0.25) is 0 Å². The number of benzene rings is 1. The van der Waals surface area contributed by atoms with E-state index < -0.39 is 5.60 Å². The predicted octanol–water partition coefficient (Wildman–Crippen LogP) is 3.58. The van der Waals surface area contributed by atoms with E-state index in [9.17, 15) is 14.7 Å². The molecule has 3 rings (SSSR count). The first-order valence-corrected chi connectivity index (χ1v) is 11.8. The maximum atomic E-state index is 11.8. The SMILES string of the molecule is CCCCN1CCC2CC(N(C(C)=O)C(C)=O)CCC2(O)[C@H]1C.Cc1ccc(O)c(O)c1. The zero-order valence-corrected chi connectivity index (χ0v) is 20.2. The second-order valence-electron chi connectivity index (χ2n) is 9.37. The lowest BCUT2D eigenvalue weighted by Crippen LogP contribution is -2.64. The van der Waals surface area contributed by atoms with Crippen molar-refractivity contribution < 1.29 is 24.9 Å². The Morgan fingerprint density at radius 3 is 2.34 bits per heavy atom. The maximum Gasteiger partial charge on any atom is 0.226 e. The van der Waals surface area contributed by atoms with Gasteiger partial charge in [0.1, 0.15) is 0 Å². The molecule has 2 amide bonds. The van der Waals surface area contributed by atoms with Crippen molar-refractivity contribution in [1.29, 1.82) is 0 Å². The molecular formula is C25H40N2O5. The van der Waals surface area contributed by atoms with Gasteiger partial charge in [0.25, 0.3) is 0 Å². The summed E-state index contributed by atoms with van der Waals surface area (Å²) in [5.41, 5.74) is 0.257. The zero-order valence-electron chi connectivity index (χ0n) is 20.2. The Balaban J connectivity index is 0.000000336. The summed E-state index contributed by atoms with van der Waals surface area (Å²) in [7, 11) is 0. The van der Waals surface area contributed by atoms with E-state index in [0.29, 0.717) is 12.8 Å². The molecule has 0 spiro atoms. The molecule has 1 saturated heterocycles. The maximum absolute atomic E-state index is 11.8. The fraction of sp³-hybridized carbons (Fsp3) is 0.680. The number of carbonyl (C=O) groups excluding carboxylic acids is 2. The van der Waals surface area contributed by atoms with Crippen LogP contribution in [0, 0.1) is 12.8 Å². The van der Waals surface area contributed by atoms with Gasteiger partial charge in [0.05, 0.1) is 5.60 Å². The highest BCUT2D eigenvalue weighted by molar-refractivity contribution is 5.93. The summed E-state index contributed by atoms with van der Waals surface area (Å²) in [5, 5.41) is 28.9. The Hall–Kier alpha value is -2.12. The second-order valence-corrected chi connectivity index (χ2v) is 9.37. The average molecular weight is 449 g/mol. The molecule has 1 aromatic carbocycles. The highest BCUT2D eigenvalue weighted by Crippen LogP contribution is 2.44. The molecule has 4 atom stereocenters. The first-order valence-electron chi connectivity index (χ1n) is 11.8. The van der Waals surface area contributed by atoms with Crippen molar-refractivity contribution in [3.05, 3.63) is 23.8 Å². The van der Waals surface area contributed by atoms with Crippen molar-refractivity contribution in [2.24, 2.45) is 5.92 Å². The predicted molar refractivity (Wildman–Crippen MR) is 124 cm³/mol. The summed E-state index contributed by atoms with van der Waals surface area (Å²) in [6.45, 7) is 11.1. The molecule has 2 fully saturated rings. The number of amides is 2. The molecule has 2 aliphatic rings. The van der Waals surface area contributed by atoms with Gasteiger partial charge >= 0.3 is 0 Å². The molecule has 3 N–H and O–H groups in total. The average Bonchev–Trinajstić information content (AvgIpc) is 2.72. The second kappa shape index (κ2) is 11.1. The smallest absolute Gasteiger partial charge is 0.226 e. The zero-order chi connectivity index (χ0) is 24.1. The number of carbonyl (C=O) groups is 2. The van der Waals surface area contributed by atoms with Gasteiger partial charge in [0, 0.05) is 25.9 Å². The van der Waals surface area contributed by atoms with Crippen molar-refractivity contribution in [1.82, 2.24) is 9.80 Å². The first kappa shape index (κ1) is 26.1. The molecule has 1 aliphatic heterocycles. The third-order valence-electron chi connectivity index (χ3n) is 7.15. The Morgan fingerprint density at radius 1 is 1.16 bits per heavy atom. The highest BCUT2D eigenvalue weighted by Gasteiger charge is 2.51. The van der Waals surface area contributed by atoms with Gasteiger partial charge in [-0.05, 0) is 82.7 Å². The van der Waals surface area contributed by atoms with E-state index in [-0.39, 0.29) is 41.3 Å². The molecular weight excluding hydrogens is 408 g/mol. The number of rotatable bonds is 4. The third-order valence-corrected chi connectivity index (χ3v) is 7.15. The van der Waals surface area contributed by atoms with Gasteiger partial charge in [0.15, 0.2) is 11.5 Å². The number of aromatic hydroxyl groups is 2. The fourth-order valence-electron chi connectivity index (χ4n) is 5.27. The number of fused-ring (bicyclic) bond motifs is 1. The summed E-state index contributed by atoms with van der Waals surface area (Å²) in [6, 6.07) is 4.80. The Kier molecular flexibility index (Phi) is 9.10. The number of aryl methyl sites for hydroxylation is 1. The summed E-state index contributed by atoms with van der Waals surface area (Å²) in [4.78, 5) is 27.4. The number of likely N-dealkylation sites (tertiary alicyclic amines) is 1. The first-order chi connectivity index (χ1) is 15.0. The number of unbranched alkanes of at least 4 members (excludes halogenated alkanes) is 1. The summed E-state index contributed by atoms with van der Waals surface area (Å²) in [5.74, 6) is -0.311. The van der Waals surface area contributed by atoms with E-state index in [2.05, 4.69) is 18.7 Å². The number of hydrogen-bond donors (Lipinski definition) is 3. The fourth-order valence-corrected chi connectivity index (χ4v) is 5.27. The lowest BCUT2D eigenvalue weighted by molar-refractivity contribution is -0.161. The van der Waals surface area contributed by atoms with Crippen LogP contribution in [0.5, 0.6) is 11.5 Å². The van der Waals surface area contributed by atoms with Crippen LogP contribution in [-0.2, 0) is 9.59 Å². The van der Waals surface area contributed by atoms with E-state index in [1.807, 2.05) is 6.92 Å². The molecule has 7 nitrogen and oxygen atoms in total. The van der Waals surface area contributed by atoms with Crippen LogP contribution in [0.4, 0.5) is 0 Å². The molecule has 1 saturated carbocycles. The standard InChI is InChI=1S/C18H32N2O3.C7H8O2/c1-5-6-10-19-11-8-16-12-17(20(14(3)21)15(4)22)7-9-18(16,23)13(19)2;1-5-2-3-6(8)7(9)4-5/h13,16-17,23H,5-12H2,1-4H3;2-4,8-9H,1H3/t13-,16?,17?,18?;/m1./s1. The summed E-state index contributed by atoms with van der Waals surface area (Å²) in [6.07, 6.45) is 5.39. The number of phenols is 2. The van der Waals surface area contributed by atoms with Crippen LogP contribution in [0.25, 0.3) is 0 Å². The highest BCUT2D eigenvalue weighted by atomic mass is 16.3. The van der Waals surface area contributed by atoms with E-state index in [0.717, 1.165) is 37.9 Å². The summed E-state index contributed by atoms with van der Waals surface area (Å²) < 4.78 is 0. The van der Waals surface area contributed by atoms with Gasteiger partial charge in [-0.1, -0.05) is 19.4 Å². The van der Waals surface area contributed by atoms with Crippen LogP contribution in [0.1, 0.15) is 71.8 Å². The van der Waals surface area contributed by atoms with Crippen LogP contribution in [-0.4, -0.2) is 67.7 Å². The number of piperidine rings is 1. The lowest BCUT2D eigenvalue weighted by Gasteiger charge is -2.54. The summed E-state index contributed by atoms with van der Waals surface area (Å²) >= 11 is 0. The number of hydrogen-bond acceptors (Lipinski definition) is 6. The molecule has 3 unspecified atom stereocenters. The van der Waals surface area contributed by atoms with E-state index in [1.165, 1.54) is 37.3 Å². The molecule has 7 heteroatoms. The van der Waals surface area contributed by atoms with Crippen molar-refractivity contribution in [3.63, 3.8) is 0 Å². The third kappa shape index (κ3) is 6.01. The van der Waals surface area contributed by atoms with E-state index in [1.54, 1.807) is 6.07 Å². The van der Waals surface area contributed by atoms with E-state index in [4.69, 9.17) is 10.2 Å². The number of phenolic OH excluding ortho intramolecular Hbond substituents is 2. The normalized spacial score (nSPS) is 27.6. The van der Waals surface area contributed by atoms with Gasteiger partial charge in [-0.25, -0.2) is 0 Å². The Morgan fingerprint density at radius 2 is 1.81 bits per heavy atom. The van der Waals surface area contributed by atoms with Gasteiger partial charge in [-0.2, -0.15) is 0 Å². The number of nitrogens with zero attached hydrogens (tertiary/aromatic N) is 2. The van der Waals surface area contributed by atoms with Gasteiger partial charge in [-0.15, -0.1) is 0 Å². The van der Waals surface area contributed by atoms with Crippen LogP contribution >= 0.6 is 0 Å². The minimum atomic E-state index is -0.679. The molecule has 0 bridgehead atoms. The van der Waals surface area contributed by atoms with Crippen LogP contribution < -0.4 is 0 Å². The van der Waals surface area contributed by atoms with Crippen molar-refractivity contribution in [2.45, 2.75) is 90.8 Å². The Bertz CT molecular complexity index is 785. The van der Waals surface area contributed by atoms with E-state index >= 15 is 0 Å². The minimum absolute atomic E-state index is 0.0512. The van der Waals surface area contributed by atoms with Gasteiger partial charge in [-0.3, -0.25) is 19.4 Å². The van der Waals surface area contributed by atoms with Crippen molar-refractivity contribution >= 4 is 11.8 Å². The Labute approximate surface area is 192 Å². The monoisotopic (exact) mass is 448 g/mol. The van der Waals surface area contributed by atoms with Gasteiger partial charge < -0.3 is 15.3 Å². The van der Waals surface area contributed by atoms with Crippen LogP contribution in [0.3, 0.4) is 0 Å². The topological polar surface area (TPSA) is 101 Å².